The van der Waals surface area contributed by atoms with Crippen molar-refractivity contribution < 1.29 is 9.53 Å². The SMILES string of the molecule is Cc1ccc(CC(=O)OCc2cc(=O)n3c4c(sc3n2)CCCC4)cc1. The van der Waals surface area contributed by atoms with Gasteiger partial charge in [-0.1, -0.05) is 29.8 Å². The Morgan fingerprint density at radius 1 is 1.23 bits per heavy atom. The first-order valence-electron chi connectivity index (χ1n) is 8.84. The Labute approximate surface area is 155 Å². The Hall–Kier alpha value is -2.47. The zero-order valence-corrected chi connectivity index (χ0v) is 15.5. The highest BCUT2D eigenvalue weighted by atomic mass is 32.1. The molecule has 134 valence electrons. The van der Waals surface area contributed by atoms with Crippen molar-refractivity contribution >= 4 is 22.3 Å². The van der Waals surface area contributed by atoms with Crippen LogP contribution in [-0.2, 0) is 35.4 Å². The predicted molar refractivity (Wildman–Crippen MR) is 101 cm³/mol. The highest BCUT2D eigenvalue weighted by Crippen LogP contribution is 2.28. The standard InChI is InChI=1S/C20H20N2O3S/c1-13-6-8-14(9-7-13)10-19(24)25-12-15-11-18(23)22-16-4-2-3-5-17(16)26-20(22)21-15/h6-9,11H,2-5,10,12H2,1H3. The number of carbonyl (C=O) groups excluding carboxylic acids is 1. The van der Waals surface area contributed by atoms with Crippen LogP contribution in [-0.4, -0.2) is 15.4 Å². The minimum Gasteiger partial charge on any atom is -0.459 e. The van der Waals surface area contributed by atoms with Crippen molar-refractivity contribution in [3.63, 3.8) is 0 Å². The Kier molecular flexibility index (Phi) is 4.59. The molecule has 0 spiro atoms. The van der Waals surface area contributed by atoms with Gasteiger partial charge in [0.2, 0.25) is 0 Å². The van der Waals surface area contributed by atoms with Gasteiger partial charge >= 0.3 is 5.97 Å². The van der Waals surface area contributed by atoms with Gasteiger partial charge in [-0.05, 0) is 38.2 Å². The second-order valence-corrected chi connectivity index (χ2v) is 7.77. The molecule has 0 amide bonds. The molecule has 0 saturated carbocycles. The van der Waals surface area contributed by atoms with Crippen LogP contribution in [0.25, 0.3) is 4.96 Å². The maximum atomic E-state index is 12.5. The van der Waals surface area contributed by atoms with E-state index < -0.39 is 0 Å². The fourth-order valence-corrected chi connectivity index (χ4v) is 4.53. The summed E-state index contributed by atoms with van der Waals surface area (Å²) in [6.45, 7) is 2.03. The fourth-order valence-electron chi connectivity index (χ4n) is 3.29. The average Bonchev–Trinajstić information content (AvgIpc) is 3.01. The number of rotatable bonds is 4. The van der Waals surface area contributed by atoms with Crippen LogP contribution in [0.15, 0.2) is 35.1 Å². The number of aromatic nitrogens is 2. The summed E-state index contributed by atoms with van der Waals surface area (Å²) in [4.78, 5) is 31.0. The Bertz CT molecular complexity index is 1020. The van der Waals surface area contributed by atoms with Crippen molar-refractivity contribution in [3.05, 3.63) is 68.1 Å². The first kappa shape index (κ1) is 17.0. The number of hydrogen-bond donors (Lipinski definition) is 0. The van der Waals surface area contributed by atoms with Crippen molar-refractivity contribution in [2.45, 2.75) is 45.6 Å². The molecule has 0 aliphatic heterocycles. The molecular formula is C20H20N2O3S. The van der Waals surface area contributed by atoms with E-state index >= 15 is 0 Å². The van der Waals surface area contributed by atoms with Gasteiger partial charge in [-0.2, -0.15) is 0 Å². The number of benzene rings is 1. The van der Waals surface area contributed by atoms with Crippen LogP contribution >= 0.6 is 11.3 Å². The summed E-state index contributed by atoms with van der Waals surface area (Å²) in [5.41, 5.74) is 3.59. The summed E-state index contributed by atoms with van der Waals surface area (Å²) in [6.07, 6.45) is 4.45. The van der Waals surface area contributed by atoms with E-state index in [4.69, 9.17) is 4.74 Å². The molecule has 0 saturated heterocycles. The maximum absolute atomic E-state index is 12.5. The number of carbonyl (C=O) groups is 1. The largest absolute Gasteiger partial charge is 0.459 e. The number of aryl methyl sites for hydroxylation is 3. The molecule has 0 bridgehead atoms. The molecule has 1 aliphatic rings. The number of hydrogen-bond acceptors (Lipinski definition) is 5. The van der Waals surface area contributed by atoms with E-state index in [-0.39, 0.29) is 24.6 Å². The summed E-state index contributed by atoms with van der Waals surface area (Å²) in [5, 5.41) is 0. The van der Waals surface area contributed by atoms with E-state index in [9.17, 15) is 9.59 Å². The second-order valence-electron chi connectivity index (χ2n) is 6.71. The van der Waals surface area contributed by atoms with Crippen LogP contribution in [0.4, 0.5) is 0 Å². The number of ether oxygens (including phenoxy) is 1. The first-order valence-corrected chi connectivity index (χ1v) is 9.66. The van der Waals surface area contributed by atoms with E-state index in [0.717, 1.165) is 42.5 Å². The van der Waals surface area contributed by atoms with Crippen LogP contribution < -0.4 is 5.56 Å². The van der Waals surface area contributed by atoms with Gasteiger partial charge in [-0.3, -0.25) is 14.0 Å². The van der Waals surface area contributed by atoms with Crippen molar-refractivity contribution in [2.75, 3.05) is 0 Å². The molecule has 0 unspecified atom stereocenters. The zero-order valence-electron chi connectivity index (χ0n) is 14.7. The van der Waals surface area contributed by atoms with Crippen LogP contribution in [0.3, 0.4) is 0 Å². The monoisotopic (exact) mass is 368 g/mol. The van der Waals surface area contributed by atoms with Crippen molar-refractivity contribution in [1.29, 1.82) is 0 Å². The topological polar surface area (TPSA) is 60.7 Å². The molecule has 0 atom stereocenters. The molecule has 2 aromatic heterocycles. The van der Waals surface area contributed by atoms with Crippen molar-refractivity contribution in [1.82, 2.24) is 9.38 Å². The van der Waals surface area contributed by atoms with E-state index in [2.05, 4.69) is 4.98 Å². The summed E-state index contributed by atoms with van der Waals surface area (Å²) in [6, 6.07) is 9.26. The normalized spacial score (nSPS) is 13.6. The van der Waals surface area contributed by atoms with Gasteiger partial charge in [0.25, 0.3) is 5.56 Å². The Morgan fingerprint density at radius 2 is 2.00 bits per heavy atom. The molecule has 3 aromatic rings. The Balaban J connectivity index is 1.48. The van der Waals surface area contributed by atoms with Gasteiger partial charge in [0, 0.05) is 16.6 Å². The van der Waals surface area contributed by atoms with Crippen LogP contribution in [0, 0.1) is 6.92 Å². The van der Waals surface area contributed by atoms with Gasteiger partial charge in [-0.25, -0.2) is 4.98 Å². The second kappa shape index (κ2) is 7.03. The molecule has 5 nitrogen and oxygen atoms in total. The van der Waals surface area contributed by atoms with E-state index in [1.165, 1.54) is 10.9 Å². The van der Waals surface area contributed by atoms with Crippen molar-refractivity contribution in [2.24, 2.45) is 0 Å². The van der Waals surface area contributed by atoms with Gasteiger partial charge in [0.15, 0.2) is 4.96 Å². The Morgan fingerprint density at radius 3 is 2.81 bits per heavy atom. The predicted octanol–water partition coefficient (Wildman–Crippen LogP) is 3.23. The lowest BCUT2D eigenvalue weighted by Gasteiger charge is -2.10. The lowest BCUT2D eigenvalue weighted by atomic mass is 10.0. The van der Waals surface area contributed by atoms with Gasteiger partial charge in [-0.15, -0.1) is 11.3 Å². The van der Waals surface area contributed by atoms with Gasteiger partial charge < -0.3 is 4.74 Å². The third-order valence-corrected chi connectivity index (χ3v) is 5.81. The molecular weight excluding hydrogens is 348 g/mol. The zero-order chi connectivity index (χ0) is 18.1. The number of nitrogens with zero attached hydrogens (tertiary/aromatic N) is 2. The molecule has 0 fully saturated rings. The molecule has 26 heavy (non-hydrogen) atoms. The van der Waals surface area contributed by atoms with E-state index in [1.807, 2.05) is 31.2 Å². The summed E-state index contributed by atoms with van der Waals surface area (Å²) in [7, 11) is 0. The molecule has 0 N–H and O–H groups in total. The molecule has 1 aromatic carbocycles. The maximum Gasteiger partial charge on any atom is 0.310 e. The quantitative estimate of drug-likeness (QED) is 0.664. The van der Waals surface area contributed by atoms with Crippen LogP contribution in [0.1, 0.15) is 40.2 Å². The van der Waals surface area contributed by atoms with Gasteiger partial charge in [0.1, 0.15) is 6.61 Å². The molecule has 4 rings (SSSR count). The summed E-state index contributed by atoms with van der Waals surface area (Å²) >= 11 is 1.58. The molecule has 6 heteroatoms. The van der Waals surface area contributed by atoms with Crippen molar-refractivity contribution in [3.8, 4) is 0 Å². The summed E-state index contributed by atoms with van der Waals surface area (Å²) in [5.74, 6) is -0.318. The third kappa shape index (κ3) is 3.42. The lowest BCUT2D eigenvalue weighted by Crippen LogP contribution is -2.19. The number of fused-ring (bicyclic) bond motifs is 3. The fraction of sp³-hybridized carbons (Fsp3) is 0.350. The average molecular weight is 368 g/mol. The van der Waals surface area contributed by atoms with Crippen LogP contribution in [0.5, 0.6) is 0 Å². The van der Waals surface area contributed by atoms with Gasteiger partial charge in [0.05, 0.1) is 12.1 Å². The molecule has 0 radical (unpaired) electrons. The number of esters is 1. The molecule has 2 heterocycles. The smallest absolute Gasteiger partial charge is 0.310 e. The highest BCUT2D eigenvalue weighted by molar-refractivity contribution is 7.17. The van der Waals surface area contributed by atoms with Crippen LogP contribution in [0.2, 0.25) is 0 Å². The minimum absolute atomic E-state index is 0.0268. The summed E-state index contributed by atoms with van der Waals surface area (Å²) < 4.78 is 7.04. The minimum atomic E-state index is -0.318. The van der Waals surface area contributed by atoms with E-state index in [0.29, 0.717) is 10.7 Å². The molecule has 1 aliphatic carbocycles. The lowest BCUT2D eigenvalue weighted by molar-refractivity contribution is -0.144. The third-order valence-electron chi connectivity index (χ3n) is 4.66. The number of thiazole rings is 1. The first-order chi connectivity index (χ1) is 12.6. The highest BCUT2D eigenvalue weighted by Gasteiger charge is 2.18. The van der Waals surface area contributed by atoms with E-state index in [1.54, 1.807) is 15.7 Å².